The predicted molar refractivity (Wildman–Crippen MR) is 41.3 cm³/mol. The lowest BCUT2D eigenvalue weighted by molar-refractivity contribution is -0.142. The molecule has 0 bridgehead atoms. The number of carboxylic acids is 1. The van der Waals surface area contributed by atoms with Crippen LogP contribution in [-0.4, -0.2) is 29.2 Å². The van der Waals surface area contributed by atoms with Gasteiger partial charge in [0.1, 0.15) is 5.54 Å². The number of nitrogens with two attached hydrogens (primary N) is 1. The monoisotopic (exact) mass is 158 g/mol. The molecule has 1 aliphatic heterocycles. The standard InChI is InChI=1S/C7H14N2O2/c1-2-5-3-7(8,4-9-5)6(10)11/h5,9H,2-4,8H2,1H3,(H,10,11)/t5-,7+/m1/s1. The van der Waals surface area contributed by atoms with Gasteiger partial charge in [-0.1, -0.05) is 6.92 Å². The van der Waals surface area contributed by atoms with Crippen LogP contribution >= 0.6 is 0 Å². The molecule has 4 nitrogen and oxygen atoms in total. The normalized spacial score (nSPS) is 37.5. The second kappa shape index (κ2) is 2.79. The molecule has 64 valence electrons. The molecule has 0 aromatic rings. The molecule has 0 amide bonds. The van der Waals surface area contributed by atoms with Crippen LogP contribution in [0, 0.1) is 0 Å². The van der Waals surface area contributed by atoms with Crippen molar-refractivity contribution in [3.05, 3.63) is 0 Å². The molecular formula is C7H14N2O2. The van der Waals surface area contributed by atoms with Crippen LogP contribution in [0.15, 0.2) is 0 Å². The zero-order valence-electron chi connectivity index (χ0n) is 6.63. The maximum Gasteiger partial charge on any atom is 0.325 e. The molecule has 0 saturated carbocycles. The van der Waals surface area contributed by atoms with Gasteiger partial charge in [-0.3, -0.25) is 4.79 Å². The number of aliphatic carboxylic acids is 1. The van der Waals surface area contributed by atoms with Crippen molar-refractivity contribution in [2.75, 3.05) is 6.54 Å². The first-order chi connectivity index (χ1) is 5.08. The van der Waals surface area contributed by atoms with Crippen LogP contribution in [0.3, 0.4) is 0 Å². The molecule has 0 unspecified atom stereocenters. The molecule has 2 atom stereocenters. The summed E-state index contributed by atoms with van der Waals surface area (Å²) in [5.41, 5.74) is 4.58. The summed E-state index contributed by atoms with van der Waals surface area (Å²) in [4.78, 5) is 10.6. The highest BCUT2D eigenvalue weighted by Crippen LogP contribution is 2.18. The topological polar surface area (TPSA) is 75.4 Å². The summed E-state index contributed by atoms with van der Waals surface area (Å²) in [6.07, 6.45) is 1.48. The van der Waals surface area contributed by atoms with Crippen LogP contribution in [0.5, 0.6) is 0 Å². The van der Waals surface area contributed by atoms with Gasteiger partial charge in [0.25, 0.3) is 0 Å². The molecule has 11 heavy (non-hydrogen) atoms. The van der Waals surface area contributed by atoms with Crippen LogP contribution in [-0.2, 0) is 4.79 Å². The lowest BCUT2D eigenvalue weighted by Gasteiger charge is -2.15. The molecule has 4 N–H and O–H groups in total. The van der Waals surface area contributed by atoms with Crippen molar-refractivity contribution < 1.29 is 9.90 Å². The van der Waals surface area contributed by atoms with Crippen molar-refractivity contribution in [3.63, 3.8) is 0 Å². The van der Waals surface area contributed by atoms with E-state index in [4.69, 9.17) is 10.8 Å². The smallest absolute Gasteiger partial charge is 0.325 e. The lowest BCUT2D eigenvalue weighted by atomic mass is 9.97. The van der Waals surface area contributed by atoms with E-state index in [1.54, 1.807) is 0 Å². The summed E-state index contributed by atoms with van der Waals surface area (Å²) in [6.45, 7) is 2.41. The second-order valence-corrected chi connectivity index (χ2v) is 3.15. The molecule has 0 aliphatic carbocycles. The number of hydrogen-bond donors (Lipinski definition) is 3. The third-order valence-corrected chi connectivity index (χ3v) is 2.24. The largest absolute Gasteiger partial charge is 0.480 e. The average Bonchev–Trinajstić information content (AvgIpc) is 2.33. The molecule has 0 aromatic carbocycles. The zero-order valence-corrected chi connectivity index (χ0v) is 6.63. The van der Waals surface area contributed by atoms with Crippen LogP contribution in [0.25, 0.3) is 0 Å². The molecule has 1 fully saturated rings. The summed E-state index contributed by atoms with van der Waals surface area (Å²) >= 11 is 0. The molecule has 0 radical (unpaired) electrons. The summed E-state index contributed by atoms with van der Waals surface area (Å²) in [7, 11) is 0. The Morgan fingerprint density at radius 1 is 1.91 bits per heavy atom. The number of nitrogens with one attached hydrogen (secondary N) is 1. The van der Waals surface area contributed by atoms with Crippen molar-refractivity contribution in [1.82, 2.24) is 5.32 Å². The fourth-order valence-electron chi connectivity index (χ4n) is 1.36. The predicted octanol–water partition coefficient (Wildman–Crippen LogP) is -0.460. The summed E-state index contributed by atoms with van der Waals surface area (Å²) < 4.78 is 0. The Morgan fingerprint density at radius 2 is 2.55 bits per heavy atom. The quantitative estimate of drug-likeness (QED) is 0.508. The highest BCUT2D eigenvalue weighted by Gasteiger charge is 2.41. The Balaban J connectivity index is 2.57. The third kappa shape index (κ3) is 1.52. The van der Waals surface area contributed by atoms with Crippen LogP contribution in [0.2, 0.25) is 0 Å². The van der Waals surface area contributed by atoms with Crippen LogP contribution < -0.4 is 11.1 Å². The van der Waals surface area contributed by atoms with E-state index in [-0.39, 0.29) is 6.04 Å². The Hall–Kier alpha value is -0.610. The first-order valence-corrected chi connectivity index (χ1v) is 3.84. The maximum absolute atomic E-state index is 10.6. The van der Waals surface area contributed by atoms with Gasteiger partial charge in [-0.05, 0) is 12.8 Å². The minimum atomic E-state index is -1.03. The Bertz CT molecular complexity index is 172. The highest BCUT2D eigenvalue weighted by molar-refractivity contribution is 5.79. The number of carbonyl (C=O) groups is 1. The van der Waals surface area contributed by atoms with Crippen molar-refractivity contribution >= 4 is 5.97 Å². The third-order valence-electron chi connectivity index (χ3n) is 2.24. The van der Waals surface area contributed by atoms with Crippen molar-refractivity contribution in [1.29, 1.82) is 0 Å². The highest BCUT2D eigenvalue weighted by atomic mass is 16.4. The molecular weight excluding hydrogens is 144 g/mol. The zero-order chi connectivity index (χ0) is 8.48. The van der Waals surface area contributed by atoms with Crippen molar-refractivity contribution in [2.45, 2.75) is 31.3 Å². The van der Waals surface area contributed by atoms with E-state index in [9.17, 15) is 4.79 Å². The van der Waals surface area contributed by atoms with Gasteiger partial charge >= 0.3 is 5.97 Å². The minimum absolute atomic E-state index is 0.274. The Labute approximate surface area is 65.8 Å². The molecule has 1 aliphatic rings. The van der Waals surface area contributed by atoms with Crippen LogP contribution in [0.1, 0.15) is 19.8 Å². The van der Waals surface area contributed by atoms with E-state index >= 15 is 0 Å². The van der Waals surface area contributed by atoms with Gasteiger partial charge in [-0.15, -0.1) is 0 Å². The van der Waals surface area contributed by atoms with Gasteiger partial charge < -0.3 is 16.2 Å². The molecule has 1 rings (SSSR count). The van der Waals surface area contributed by atoms with Gasteiger partial charge in [-0.25, -0.2) is 0 Å². The minimum Gasteiger partial charge on any atom is -0.480 e. The number of rotatable bonds is 2. The van der Waals surface area contributed by atoms with Crippen molar-refractivity contribution in [3.8, 4) is 0 Å². The molecule has 4 heteroatoms. The average molecular weight is 158 g/mol. The first kappa shape index (κ1) is 8.49. The van der Waals surface area contributed by atoms with Gasteiger partial charge in [0.15, 0.2) is 0 Å². The van der Waals surface area contributed by atoms with E-state index in [2.05, 4.69) is 5.32 Å². The maximum atomic E-state index is 10.6. The van der Waals surface area contributed by atoms with Gasteiger partial charge in [0.05, 0.1) is 0 Å². The number of carboxylic acid groups (broad SMARTS) is 1. The molecule has 1 saturated heterocycles. The van der Waals surface area contributed by atoms with Gasteiger partial charge in [0, 0.05) is 12.6 Å². The Morgan fingerprint density at radius 3 is 2.82 bits per heavy atom. The molecule has 1 heterocycles. The van der Waals surface area contributed by atoms with E-state index in [0.717, 1.165) is 6.42 Å². The fourth-order valence-corrected chi connectivity index (χ4v) is 1.36. The summed E-state index contributed by atoms with van der Waals surface area (Å²) in [6, 6.07) is 0.274. The van der Waals surface area contributed by atoms with Gasteiger partial charge in [0.2, 0.25) is 0 Å². The van der Waals surface area contributed by atoms with E-state index in [1.807, 2.05) is 6.92 Å². The van der Waals surface area contributed by atoms with E-state index in [1.165, 1.54) is 0 Å². The molecule has 0 aromatic heterocycles. The molecule has 0 spiro atoms. The second-order valence-electron chi connectivity index (χ2n) is 3.15. The van der Waals surface area contributed by atoms with Gasteiger partial charge in [-0.2, -0.15) is 0 Å². The first-order valence-electron chi connectivity index (χ1n) is 3.84. The fraction of sp³-hybridized carbons (Fsp3) is 0.857. The summed E-state index contributed by atoms with van der Waals surface area (Å²) in [5.74, 6) is -0.902. The van der Waals surface area contributed by atoms with Crippen molar-refractivity contribution in [2.24, 2.45) is 5.73 Å². The lowest BCUT2D eigenvalue weighted by Crippen LogP contribution is -2.49. The van der Waals surface area contributed by atoms with E-state index in [0.29, 0.717) is 13.0 Å². The SMILES string of the molecule is CC[C@@H]1C[C@@](N)(C(=O)O)CN1. The summed E-state index contributed by atoms with van der Waals surface area (Å²) in [5, 5.41) is 11.8. The van der Waals surface area contributed by atoms with Crippen LogP contribution in [0.4, 0.5) is 0 Å². The number of hydrogen-bond acceptors (Lipinski definition) is 3. The van der Waals surface area contributed by atoms with E-state index < -0.39 is 11.5 Å². The Kier molecular flexibility index (Phi) is 2.15.